The summed E-state index contributed by atoms with van der Waals surface area (Å²) in [6.45, 7) is 6.22. The third kappa shape index (κ3) is 7.96. The molecule has 0 aliphatic rings. The summed E-state index contributed by atoms with van der Waals surface area (Å²) in [5.41, 5.74) is 2.21. The van der Waals surface area contributed by atoms with Crippen molar-refractivity contribution in [2.45, 2.75) is 32.5 Å². The van der Waals surface area contributed by atoms with Crippen LogP contribution < -0.4 is 5.32 Å². The zero-order valence-corrected chi connectivity index (χ0v) is 22.5. The fraction of sp³-hybridized carbons (Fsp3) is 0.524. The van der Waals surface area contributed by atoms with Crippen molar-refractivity contribution in [1.82, 2.24) is 20.1 Å². The van der Waals surface area contributed by atoms with Gasteiger partial charge in [-0.05, 0) is 45.6 Å². The molecule has 0 saturated carbocycles. The van der Waals surface area contributed by atoms with Crippen LogP contribution in [0.1, 0.15) is 42.3 Å². The second-order valence-corrected chi connectivity index (χ2v) is 8.46. The van der Waals surface area contributed by atoms with Crippen LogP contribution in [-0.2, 0) is 11.3 Å². The maximum atomic E-state index is 6.04. The highest BCUT2D eigenvalue weighted by Crippen LogP contribution is 2.22. The van der Waals surface area contributed by atoms with E-state index in [-0.39, 0.29) is 36.1 Å². The molecule has 9 heteroatoms. The average Bonchev–Trinajstić information content (AvgIpc) is 3.16. The summed E-state index contributed by atoms with van der Waals surface area (Å²) in [4.78, 5) is 13.9. The quantitative estimate of drug-likeness (QED) is 0.268. The van der Waals surface area contributed by atoms with Crippen molar-refractivity contribution in [1.29, 1.82) is 0 Å². The number of thiazole rings is 1. The van der Waals surface area contributed by atoms with Crippen molar-refractivity contribution in [2.75, 3.05) is 41.3 Å². The Balaban J connectivity index is 0.00000450. The van der Waals surface area contributed by atoms with Gasteiger partial charge >= 0.3 is 0 Å². The molecule has 6 nitrogen and oxygen atoms in total. The third-order valence-corrected chi connectivity index (χ3v) is 5.97. The zero-order valence-electron chi connectivity index (χ0n) is 18.6. The van der Waals surface area contributed by atoms with Crippen LogP contribution in [0, 0.1) is 0 Å². The molecule has 2 atom stereocenters. The van der Waals surface area contributed by atoms with Crippen molar-refractivity contribution in [3.8, 4) is 0 Å². The minimum absolute atomic E-state index is 0. The van der Waals surface area contributed by atoms with Gasteiger partial charge in [-0.2, -0.15) is 0 Å². The van der Waals surface area contributed by atoms with E-state index in [1.165, 1.54) is 5.56 Å². The van der Waals surface area contributed by atoms with Gasteiger partial charge in [-0.25, -0.2) is 4.98 Å². The Hall–Kier alpha value is -0.940. The summed E-state index contributed by atoms with van der Waals surface area (Å²) in [5.74, 6) is 0.864. The number of hydrogen-bond acceptors (Lipinski definition) is 5. The van der Waals surface area contributed by atoms with E-state index >= 15 is 0 Å². The van der Waals surface area contributed by atoms with Gasteiger partial charge in [0.1, 0.15) is 11.1 Å². The molecule has 0 radical (unpaired) electrons. The van der Waals surface area contributed by atoms with Crippen molar-refractivity contribution in [3.63, 3.8) is 0 Å². The summed E-state index contributed by atoms with van der Waals surface area (Å²) in [5, 5.41) is 7.21. The molecule has 0 aliphatic heterocycles. The van der Waals surface area contributed by atoms with Gasteiger partial charge in [0, 0.05) is 31.1 Å². The Bertz CT molecular complexity index is 784. The molecule has 1 N–H and O–H groups in total. The highest BCUT2D eigenvalue weighted by molar-refractivity contribution is 14.0. The molecule has 1 heterocycles. The Morgan fingerprint density at radius 1 is 1.27 bits per heavy atom. The van der Waals surface area contributed by atoms with Gasteiger partial charge in [0.25, 0.3) is 0 Å². The summed E-state index contributed by atoms with van der Waals surface area (Å²) in [7, 11) is 7.88. The third-order valence-electron chi connectivity index (χ3n) is 4.66. The highest BCUT2D eigenvalue weighted by atomic mass is 127. The molecule has 2 unspecified atom stereocenters. The van der Waals surface area contributed by atoms with Crippen LogP contribution in [0.2, 0.25) is 5.02 Å². The molecule has 30 heavy (non-hydrogen) atoms. The second kappa shape index (κ2) is 13.5. The SMILES string of the molecule is CCNC(=NCC(c1ccc(Cl)cc1)N(C)C)N(C)Cc1csc(C(C)OC)n1.I. The first-order valence-corrected chi connectivity index (χ1v) is 11.0. The average molecular weight is 566 g/mol. The molecule has 168 valence electrons. The van der Waals surface area contributed by atoms with Crippen molar-refractivity contribution < 1.29 is 4.74 Å². The molecule has 2 aromatic rings. The predicted molar refractivity (Wildman–Crippen MR) is 138 cm³/mol. The number of hydrogen-bond donors (Lipinski definition) is 1. The number of benzene rings is 1. The largest absolute Gasteiger partial charge is 0.375 e. The smallest absolute Gasteiger partial charge is 0.194 e. The van der Waals surface area contributed by atoms with E-state index in [2.05, 4.69) is 53.6 Å². The van der Waals surface area contributed by atoms with Gasteiger partial charge in [-0.3, -0.25) is 4.99 Å². The summed E-state index contributed by atoms with van der Waals surface area (Å²) in [6, 6.07) is 8.15. The van der Waals surface area contributed by atoms with E-state index in [4.69, 9.17) is 26.3 Å². The molecule has 0 fully saturated rings. The Morgan fingerprint density at radius 3 is 2.50 bits per heavy atom. The molecule has 1 aromatic heterocycles. The normalized spacial score (nSPS) is 13.7. The van der Waals surface area contributed by atoms with Gasteiger partial charge in [-0.15, -0.1) is 35.3 Å². The van der Waals surface area contributed by atoms with Crippen molar-refractivity contribution >= 4 is 52.9 Å². The van der Waals surface area contributed by atoms with Crippen molar-refractivity contribution in [2.24, 2.45) is 4.99 Å². The van der Waals surface area contributed by atoms with Gasteiger partial charge in [-0.1, -0.05) is 23.7 Å². The molecular formula is C21H33ClIN5OS. The van der Waals surface area contributed by atoms with Crippen LogP contribution in [0.4, 0.5) is 0 Å². The van der Waals surface area contributed by atoms with Crippen LogP contribution in [0.3, 0.4) is 0 Å². The number of nitrogens with one attached hydrogen (secondary N) is 1. The Kier molecular flexibility index (Phi) is 12.2. The van der Waals surface area contributed by atoms with E-state index in [0.29, 0.717) is 13.1 Å². The van der Waals surface area contributed by atoms with Gasteiger partial charge < -0.3 is 19.9 Å². The summed E-state index contributed by atoms with van der Waals surface area (Å²) in [6.07, 6.45) is 0.0150. The van der Waals surface area contributed by atoms with E-state index in [9.17, 15) is 0 Å². The van der Waals surface area contributed by atoms with Crippen LogP contribution in [0.25, 0.3) is 0 Å². The molecule has 0 bridgehead atoms. The lowest BCUT2D eigenvalue weighted by Crippen LogP contribution is -2.39. The van der Waals surface area contributed by atoms with Crippen LogP contribution in [-0.4, -0.2) is 62.1 Å². The van der Waals surface area contributed by atoms with Gasteiger partial charge in [0.15, 0.2) is 5.96 Å². The lowest BCUT2D eigenvalue weighted by molar-refractivity contribution is 0.119. The number of aliphatic imine (C=N–C) groups is 1. The fourth-order valence-electron chi connectivity index (χ4n) is 2.90. The fourth-order valence-corrected chi connectivity index (χ4v) is 3.86. The maximum absolute atomic E-state index is 6.04. The first-order valence-electron chi connectivity index (χ1n) is 9.74. The van der Waals surface area contributed by atoms with Gasteiger partial charge in [0.05, 0.1) is 24.8 Å². The Morgan fingerprint density at radius 2 is 1.93 bits per heavy atom. The second-order valence-electron chi connectivity index (χ2n) is 7.14. The monoisotopic (exact) mass is 565 g/mol. The predicted octanol–water partition coefficient (Wildman–Crippen LogP) is 4.82. The summed E-state index contributed by atoms with van der Waals surface area (Å²) >= 11 is 7.67. The lowest BCUT2D eigenvalue weighted by Gasteiger charge is -2.26. The number of likely N-dealkylation sites (N-methyl/N-ethyl adjacent to an activating group) is 1. The number of halogens is 2. The van der Waals surface area contributed by atoms with Crippen LogP contribution >= 0.6 is 46.9 Å². The molecule has 2 rings (SSSR count). The zero-order chi connectivity index (χ0) is 21.4. The van der Waals surface area contributed by atoms with Gasteiger partial charge in [0.2, 0.25) is 0 Å². The number of methoxy groups -OCH3 is 1. The highest BCUT2D eigenvalue weighted by Gasteiger charge is 2.16. The lowest BCUT2D eigenvalue weighted by atomic mass is 10.1. The topological polar surface area (TPSA) is 53.0 Å². The summed E-state index contributed by atoms with van der Waals surface area (Å²) < 4.78 is 5.36. The first kappa shape index (κ1) is 27.1. The number of nitrogens with zero attached hydrogens (tertiary/aromatic N) is 4. The maximum Gasteiger partial charge on any atom is 0.194 e. The van der Waals surface area contributed by atoms with Crippen LogP contribution in [0.15, 0.2) is 34.6 Å². The van der Waals surface area contributed by atoms with Crippen LogP contribution in [0.5, 0.6) is 0 Å². The standard InChI is InChI=1S/C21H32ClN5OS.HI/c1-7-23-21(27(5)13-18-14-29-20(25-18)15(2)28-6)24-12-19(26(3)4)16-8-10-17(22)11-9-16;/h8-11,14-15,19H,7,12-13H2,1-6H3,(H,23,24);1H. The van der Waals surface area contributed by atoms with E-state index < -0.39 is 0 Å². The van der Waals surface area contributed by atoms with E-state index in [1.54, 1.807) is 18.4 Å². The molecule has 0 spiro atoms. The molecular weight excluding hydrogens is 533 g/mol. The Labute approximate surface area is 206 Å². The van der Waals surface area contributed by atoms with Crippen molar-refractivity contribution in [3.05, 3.63) is 50.9 Å². The number of ether oxygens (including phenoxy) is 1. The number of guanidine groups is 1. The molecule has 0 amide bonds. The number of rotatable bonds is 9. The molecule has 1 aromatic carbocycles. The van der Waals surface area contributed by atoms with E-state index in [1.807, 2.05) is 26.1 Å². The first-order chi connectivity index (χ1) is 13.8. The minimum Gasteiger partial charge on any atom is -0.375 e. The minimum atomic E-state index is 0. The van der Waals surface area contributed by atoms with E-state index in [0.717, 1.165) is 28.2 Å². The molecule has 0 aliphatic carbocycles. The molecule has 0 saturated heterocycles. The number of aromatic nitrogens is 1.